The van der Waals surface area contributed by atoms with Gasteiger partial charge in [-0.15, -0.1) is 0 Å². The van der Waals surface area contributed by atoms with E-state index < -0.39 is 11.9 Å². The van der Waals surface area contributed by atoms with E-state index in [-0.39, 0.29) is 24.3 Å². The molecule has 3 heterocycles. The van der Waals surface area contributed by atoms with Crippen LogP contribution in [0.4, 0.5) is 5.95 Å². The summed E-state index contributed by atoms with van der Waals surface area (Å²) in [5.41, 5.74) is 9.37. The van der Waals surface area contributed by atoms with Crippen molar-refractivity contribution in [1.82, 2.24) is 24.5 Å². The molecule has 152 valence electrons. The zero-order valence-corrected chi connectivity index (χ0v) is 16.9. The van der Waals surface area contributed by atoms with Crippen LogP contribution in [-0.2, 0) is 38.8 Å². The Bertz CT molecular complexity index is 1100. The van der Waals surface area contributed by atoms with E-state index in [0.29, 0.717) is 34.5 Å². The molecule has 3 aromatic rings. The van der Waals surface area contributed by atoms with Gasteiger partial charge in [-0.1, -0.05) is 11.6 Å². The van der Waals surface area contributed by atoms with Crippen molar-refractivity contribution < 1.29 is 19.1 Å². The summed E-state index contributed by atoms with van der Waals surface area (Å²) >= 11 is 6.09. The molecule has 0 unspecified atom stereocenters. The van der Waals surface area contributed by atoms with E-state index in [1.165, 1.54) is 13.8 Å². The molecule has 0 fully saturated rings. The highest BCUT2D eigenvalue weighted by atomic mass is 35.5. The maximum atomic E-state index is 11.4. The molecule has 3 aromatic heterocycles. The molecular weight excluding hydrogens is 400 g/mol. The molecule has 0 bridgehead atoms. The van der Waals surface area contributed by atoms with Crippen LogP contribution < -0.4 is 5.73 Å². The number of nitrogens with zero attached hydrogens (tertiary/aromatic N) is 5. The number of halogens is 1. The lowest BCUT2D eigenvalue weighted by atomic mass is 10.0. The molecule has 0 atom stereocenters. The van der Waals surface area contributed by atoms with Gasteiger partial charge in [-0.25, -0.2) is 4.98 Å². The maximum absolute atomic E-state index is 11.4. The van der Waals surface area contributed by atoms with Crippen LogP contribution >= 0.6 is 11.6 Å². The topological polar surface area (TPSA) is 135 Å². The third-order valence-corrected chi connectivity index (χ3v) is 4.49. The van der Waals surface area contributed by atoms with Crippen LogP contribution in [0.25, 0.3) is 11.2 Å². The second-order valence-electron chi connectivity index (χ2n) is 6.30. The smallest absolute Gasteiger partial charge is 0.302 e. The Morgan fingerprint density at radius 3 is 2.41 bits per heavy atom. The zero-order valence-electron chi connectivity index (χ0n) is 16.1. The van der Waals surface area contributed by atoms with E-state index in [2.05, 4.69) is 19.9 Å². The van der Waals surface area contributed by atoms with Crippen molar-refractivity contribution in [2.24, 2.45) is 0 Å². The first kappa shape index (κ1) is 20.5. The number of ether oxygens (including phenoxy) is 2. The van der Waals surface area contributed by atoms with E-state index >= 15 is 0 Å². The summed E-state index contributed by atoms with van der Waals surface area (Å²) in [6, 6.07) is 0. The monoisotopic (exact) mass is 418 g/mol. The minimum Gasteiger partial charge on any atom is -0.461 e. The number of imidazole rings is 1. The van der Waals surface area contributed by atoms with E-state index in [9.17, 15) is 9.59 Å². The van der Waals surface area contributed by atoms with E-state index in [1.54, 1.807) is 24.0 Å². The highest BCUT2D eigenvalue weighted by molar-refractivity contribution is 6.33. The van der Waals surface area contributed by atoms with Crippen molar-refractivity contribution >= 4 is 40.7 Å². The van der Waals surface area contributed by atoms with Gasteiger partial charge in [0.25, 0.3) is 0 Å². The molecular formula is C18H19ClN6O4. The molecule has 0 aliphatic rings. The third kappa shape index (κ3) is 4.60. The normalized spacial score (nSPS) is 10.9. The van der Waals surface area contributed by atoms with Gasteiger partial charge in [0.05, 0.1) is 12.9 Å². The highest BCUT2D eigenvalue weighted by Crippen LogP contribution is 2.24. The summed E-state index contributed by atoms with van der Waals surface area (Å²) in [7, 11) is 0. The number of aromatic nitrogens is 5. The minimum absolute atomic E-state index is 0.00906. The number of carbonyl (C=O) groups is 2. The molecule has 0 aliphatic carbocycles. The Kier molecular flexibility index (Phi) is 5.92. The Morgan fingerprint density at radius 2 is 1.76 bits per heavy atom. The van der Waals surface area contributed by atoms with Crippen molar-refractivity contribution in [3.63, 3.8) is 0 Å². The number of hydrogen-bond donors (Lipinski definition) is 1. The molecule has 3 rings (SSSR count). The number of rotatable bonds is 6. The van der Waals surface area contributed by atoms with Crippen LogP contribution in [0.1, 0.15) is 36.2 Å². The molecule has 10 nitrogen and oxygen atoms in total. The first-order valence-corrected chi connectivity index (χ1v) is 9.00. The number of nitrogen functional groups attached to an aromatic ring is 1. The van der Waals surface area contributed by atoms with E-state index in [1.807, 2.05) is 0 Å². The van der Waals surface area contributed by atoms with Crippen molar-refractivity contribution in [3.8, 4) is 0 Å². The van der Waals surface area contributed by atoms with Gasteiger partial charge < -0.3 is 19.8 Å². The number of aryl methyl sites for hydroxylation is 1. The molecule has 0 saturated heterocycles. The average molecular weight is 419 g/mol. The van der Waals surface area contributed by atoms with Gasteiger partial charge >= 0.3 is 11.9 Å². The number of esters is 2. The van der Waals surface area contributed by atoms with Crippen LogP contribution in [0, 0.1) is 6.92 Å². The second-order valence-corrected chi connectivity index (χ2v) is 6.66. The molecule has 11 heteroatoms. The number of fused-ring (bicyclic) bond motifs is 1. The minimum atomic E-state index is -0.427. The molecule has 0 radical (unpaired) electrons. The van der Waals surface area contributed by atoms with Crippen LogP contribution in [0.15, 0.2) is 12.5 Å². The Labute approximate surface area is 171 Å². The fourth-order valence-corrected chi connectivity index (χ4v) is 3.04. The summed E-state index contributed by atoms with van der Waals surface area (Å²) in [5.74, 6) is -0.818. The number of nitrogens with two attached hydrogens (primary N) is 1. The molecule has 0 saturated carbocycles. The van der Waals surface area contributed by atoms with Gasteiger partial charge in [-0.05, 0) is 12.5 Å². The van der Waals surface area contributed by atoms with E-state index in [0.717, 1.165) is 5.56 Å². The van der Waals surface area contributed by atoms with Crippen LogP contribution in [0.2, 0.25) is 5.15 Å². The molecule has 0 aromatic carbocycles. The fraction of sp³-hybridized carbons (Fsp3) is 0.333. The second kappa shape index (κ2) is 8.39. The molecule has 0 spiro atoms. The Balaban J connectivity index is 2.05. The van der Waals surface area contributed by atoms with Gasteiger partial charge in [-0.2, -0.15) is 9.97 Å². The van der Waals surface area contributed by atoms with E-state index in [4.69, 9.17) is 26.8 Å². The van der Waals surface area contributed by atoms with Gasteiger partial charge in [0.1, 0.15) is 18.7 Å². The number of anilines is 1. The van der Waals surface area contributed by atoms with Gasteiger partial charge in [0.15, 0.2) is 10.8 Å². The quantitative estimate of drug-likeness (QED) is 0.470. The number of pyridine rings is 1. The van der Waals surface area contributed by atoms with Crippen molar-refractivity contribution in [1.29, 1.82) is 0 Å². The van der Waals surface area contributed by atoms with Gasteiger partial charge in [0, 0.05) is 36.9 Å². The zero-order chi connectivity index (χ0) is 21.1. The lowest BCUT2D eigenvalue weighted by Crippen LogP contribution is -2.13. The molecule has 29 heavy (non-hydrogen) atoms. The maximum Gasteiger partial charge on any atom is 0.302 e. The summed E-state index contributed by atoms with van der Waals surface area (Å²) < 4.78 is 12.1. The summed E-state index contributed by atoms with van der Waals surface area (Å²) in [4.78, 5) is 39.4. The van der Waals surface area contributed by atoms with Crippen LogP contribution in [0.3, 0.4) is 0 Å². The van der Waals surface area contributed by atoms with Crippen molar-refractivity contribution in [3.05, 3.63) is 40.1 Å². The molecule has 0 amide bonds. The van der Waals surface area contributed by atoms with Crippen LogP contribution in [-0.4, -0.2) is 36.4 Å². The Hall–Kier alpha value is -3.27. The molecule has 0 aliphatic heterocycles. The van der Waals surface area contributed by atoms with Crippen molar-refractivity contribution in [2.45, 2.75) is 40.5 Å². The predicted octanol–water partition coefficient (Wildman–Crippen LogP) is 1.94. The van der Waals surface area contributed by atoms with Gasteiger partial charge in [-0.3, -0.25) is 14.6 Å². The highest BCUT2D eigenvalue weighted by Gasteiger charge is 2.18. The first-order chi connectivity index (χ1) is 13.8. The SMILES string of the molecule is CC(=O)OCc1c(Cn2cnc3c(Cl)nc(N)nc32)cnc(C)c1COC(C)=O. The summed E-state index contributed by atoms with van der Waals surface area (Å²) in [6.07, 6.45) is 3.23. The largest absolute Gasteiger partial charge is 0.461 e. The standard InChI is InChI=1S/C18H19ClN6O4/c1-9-13(6-28-10(2)26)14(7-29-11(3)27)12(4-21-9)5-25-8-22-15-16(19)23-18(20)24-17(15)25/h4,8H,5-7H2,1-3H3,(H2,20,23,24). The van der Waals surface area contributed by atoms with Gasteiger partial charge in [0.2, 0.25) is 5.95 Å². The van der Waals surface area contributed by atoms with Crippen LogP contribution in [0.5, 0.6) is 0 Å². The predicted molar refractivity (Wildman–Crippen MR) is 104 cm³/mol. The lowest BCUT2D eigenvalue weighted by molar-refractivity contribution is -0.144. The Morgan fingerprint density at radius 1 is 1.10 bits per heavy atom. The third-order valence-electron chi connectivity index (χ3n) is 4.22. The number of hydrogen-bond acceptors (Lipinski definition) is 9. The molecule has 2 N–H and O–H groups in total. The number of carbonyl (C=O) groups excluding carboxylic acids is 2. The average Bonchev–Trinajstić information content (AvgIpc) is 3.03. The van der Waals surface area contributed by atoms with Crippen molar-refractivity contribution in [2.75, 3.05) is 5.73 Å². The first-order valence-electron chi connectivity index (χ1n) is 8.63. The summed E-state index contributed by atoms with van der Waals surface area (Å²) in [5, 5.41) is 0.156. The fourth-order valence-electron chi connectivity index (χ4n) is 2.82. The summed E-state index contributed by atoms with van der Waals surface area (Å²) in [6.45, 7) is 4.77. The lowest BCUT2D eigenvalue weighted by Gasteiger charge is -2.17.